The molecule has 0 spiro atoms. The minimum absolute atomic E-state index is 0.0734. The van der Waals surface area contributed by atoms with Crippen molar-refractivity contribution in [3.05, 3.63) is 76.3 Å². The van der Waals surface area contributed by atoms with Gasteiger partial charge < -0.3 is 21.4 Å². The molecule has 2 aromatic carbocycles. The summed E-state index contributed by atoms with van der Waals surface area (Å²) in [6, 6.07) is 16.4. The number of nitrogens with zero attached hydrogens (tertiary/aromatic N) is 3. The minimum atomic E-state index is -1.22. The summed E-state index contributed by atoms with van der Waals surface area (Å²) < 4.78 is 0. The van der Waals surface area contributed by atoms with Crippen LogP contribution in [0.2, 0.25) is 0 Å². The maximum Gasteiger partial charge on any atom is 0.353 e. The number of fused-ring (bicyclic) bond motifs is 1. The second-order valence-corrected chi connectivity index (χ2v) is 11.1. The molecule has 0 radical (unpaired) electrons. The molecule has 10 nitrogen and oxygen atoms in total. The molecule has 2 amide bonds. The van der Waals surface area contributed by atoms with Gasteiger partial charge in [0.2, 0.25) is 0 Å². The van der Waals surface area contributed by atoms with Crippen LogP contribution in [0.4, 0.5) is 5.13 Å². The SMILES string of the molecule is Nc1nc(C(=NO)C(=O)N[C@@H]2C(=O)N3C(C(=O)O)=C(Sc4ccccc4-c4ccccc4)CS[C@@H]23)cs1. The normalized spacial score (nSPS) is 19.3. The Morgan fingerprint density at radius 1 is 1.16 bits per heavy atom. The molecule has 5 rings (SSSR count). The molecule has 0 aliphatic carbocycles. The standard InChI is InChI=1S/C24H19N5O5S3/c25-24-26-14(10-36-24)17(28-34)20(30)27-18-21(31)29-19(23(32)33)16(11-35-22(18)29)37-15-9-5-4-8-13(15)12-6-2-1-3-7-12/h1-10,18,22,34H,11H2,(H2,25,26)(H,27,30)(H,32,33)/t18-,22+/m1/s1. The Balaban J connectivity index is 1.38. The fraction of sp³-hybridized carbons (Fsp3) is 0.125. The van der Waals surface area contributed by atoms with Crippen LogP contribution in [0.5, 0.6) is 0 Å². The number of oxime groups is 1. The fourth-order valence-electron chi connectivity index (χ4n) is 4.03. The molecule has 37 heavy (non-hydrogen) atoms. The van der Waals surface area contributed by atoms with Gasteiger partial charge in [0.25, 0.3) is 11.8 Å². The van der Waals surface area contributed by atoms with Gasteiger partial charge in [-0.1, -0.05) is 65.4 Å². The van der Waals surface area contributed by atoms with Crippen LogP contribution in [0.3, 0.4) is 0 Å². The zero-order valence-electron chi connectivity index (χ0n) is 18.9. The predicted molar refractivity (Wildman–Crippen MR) is 142 cm³/mol. The third-order valence-electron chi connectivity index (χ3n) is 5.71. The highest BCUT2D eigenvalue weighted by Gasteiger charge is 2.54. The molecule has 3 heterocycles. The quantitative estimate of drug-likeness (QED) is 0.149. The van der Waals surface area contributed by atoms with Gasteiger partial charge in [0.1, 0.15) is 22.8 Å². The van der Waals surface area contributed by atoms with E-state index >= 15 is 0 Å². The van der Waals surface area contributed by atoms with Crippen molar-refractivity contribution in [2.24, 2.45) is 5.16 Å². The van der Waals surface area contributed by atoms with Gasteiger partial charge >= 0.3 is 5.97 Å². The molecule has 5 N–H and O–H groups in total. The Morgan fingerprint density at radius 3 is 2.57 bits per heavy atom. The second kappa shape index (κ2) is 10.3. The Kier molecular flexibility index (Phi) is 6.91. The molecule has 0 saturated carbocycles. The van der Waals surface area contributed by atoms with Gasteiger partial charge in [-0.3, -0.25) is 14.5 Å². The number of carbonyl (C=O) groups excluding carboxylic acids is 2. The van der Waals surface area contributed by atoms with E-state index in [2.05, 4.69) is 15.5 Å². The first-order chi connectivity index (χ1) is 17.9. The molecule has 13 heteroatoms. The summed E-state index contributed by atoms with van der Waals surface area (Å²) in [5, 5.41) is 25.9. The molecule has 1 saturated heterocycles. The molecule has 3 aromatic rings. The average Bonchev–Trinajstić information content (AvgIpc) is 3.33. The van der Waals surface area contributed by atoms with Gasteiger partial charge in [-0.2, -0.15) is 0 Å². The van der Waals surface area contributed by atoms with Gasteiger partial charge in [0, 0.05) is 20.9 Å². The Hall–Kier alpha value is -3.81. The lowest BCUT2D eigenvalue weighted by Crippen LogP contribution is -2.71. The van der Waals surface area contributed by atoms with Crippen molar-refractivity contribution < 1.29 is 24.7 Å². The second-order valence-electron chi connectivity index (χ2n) is 7.92. The van der Waals surface area contributed by atoms with E-state index in [1.54, 1.807) is 0 Å². The molecule has 2 aliphatic rings. The number of hydrogen-bond acceptors (Lipinski definition) is 10. The number of carboxylic acids is 1. The van der Waals surface area contributed by atoms with E-state index < -0.39 is 29.2 Å². The van der Waals surface area contributed by atoms with E-state index in [-0.39, 0.29) is 22.2 Å². The number of amides is 2. The first kappa shape index (κ1) is 24.9. The van der Waals surface area contributed by atoms with E-state index in [0.717, 1.165) is 27.4 Å². The number of hydrogen-bond donors (Lipinski definition) is 4. The lowest BCUT2D eigenvalue weighted by atomic mass is 10.0. The maximum absolute atomic E-state index is 13.0. The third-order valence-corrected chi connectivity index (χ3v) is 9.00. The van der Waals surface area contributed by atoms with Crippen molar-refractivity contribution in [1.29, 1.82) is 0 Å². The van der Waals surface area contributed by atoms with Crippen LogP contribution in [0.15, 0.2) is 80.6 Å². The summed E-state index contributed by atoms with van der Waals surface area (Å²) in [7, 11) is 0. The zero-order valence-corrected chi connectivity index (χ0v) is 21.3. The number of rotatable bonds is 7. The molecule has 2 atom stereocenters. The van der Waals surface area contributed by atoms with E-state index in [0.29, 0.717) is 10.7 Å². The summed E-state index contributed by atoms with van der Waals surface area (Å²) in [6.45, 7) is 0. The number of thiazole rings is 1. The Bertz CT molecular complexity index is 1460. The van der Waals surface area contributed by atoms with Crippen LogP contribution in [0.1, 0.15) is 5.69 Å². The third kappa shape index (κ3) is 4.68. The monoisotopic (exact) mass is 553 g/mol. The summed E-state index contributed by atoms with van der Waals surface area (Å²) in [5.74, 6) is -2.27. The highest BCUT2D eigenvalue weighted by atomic mass is 32.2. The lowest BCUT2D eigenvalue weighted by Gasteiger charge is -2.49. The van der Waals surface area contributed by atoms with Crippen LogP contribution in [-0.4, -0.2) is 60.9 Å². The number of nitrogen functional groups attached to an aromatic ring is 1. The summed E-state index contributed by atoms with van der Waals surface area (Å²) in [6.07, 6.45) is 0. The van der Waals surface area contributed by atoms with Crippen molar-refractivity contribution >= 4 is 63.5 Å². The number of nitrogens with two attached hydrogens (primary N) is 1. The molecule has 2 aliphatic heterocycles. The van der Waals surface area contributed by atoms with Gasteiger partial charge in [0.15, 0.2) is 10.8 Å². The topological polar surface area (TPSA) is 158 Å². The molecular weight excluding hydrogens is 534 g/mol. The number of thioether (sulfide) groups is 2. The van der Waals surface area contributed by atoms with Crippen LogP contribution < -0.4 is 11.1 Å². The van der Waals surface area contributed by atoms with Gasteiger partial charge in [-0.15, -0.1) is 23.1 Å². The molecule has 0 unspecified atom stereocenters. The number of anilines is 1. The minimum Gasteiger partial charge on any atom is -0.477 e. The van der Waals surface area contributed by atoms with Crippen molar-refractivity contribution in [3.8, 4) is 11.1 Å². The van der Waals surface area contributed by atoms with E-state index in [9.17, 15) is 24.7 Å². The molecule has 1 aromatic heterocycles. The Labute approximate surface area is 223 Å². The number of nitrogens with one attached hydrogen (secondary N) is 1. The van der Waals surface area contributed by atoms with E-state index in [1.165, 1.54) is 33.8 Å². The molecular formula is C24H19N5O5S3. The lowest BCUT2D eigenvalue weighted by molar-refractivity contribution is -0.150. The summed E-state index contributed by atoms with van der Waals surface area (Å²) in [4.78, 5) is 44.6. The number of β-lactam (4-membered cyclic amide) rings is 1. The van der Waals surface area contributed by atoms with Crippen molar-refractivity contribution in [2.75, 3.05) is 11.5 Å². The Morgan fingerprint density at radius 2 is 1.89 bits per heavy atom. The number of aliphatic carboxylic acids is 1. The van der Waals surface area contributed by atoms with Crippen molar-refractivity contribution in [2.45, 2.75) is 16.3 Å². The highest BCUT2D eigenvalue weighted by Crippen LogP contribution is 2.46. The first-order valence-corrected chi connectivity index (χ1v) is 13.6. The summed E-state index contributed by atoms with van der Waals surface area (Å²) in [5.41, 5.74) is 7.12. The van der Waals surface area contributed by atoms with E-state index in [1.807, 2.05) is 54.6 Å². The number of carbonyl (C=O) groups is 3. The summed E-state index contributed by atoms with van der Waals surface area (Å²) >= 11 is 3.73. The smallest absolute Gasteiger partial charge is 0.353 e. The molecule has 1 fully saturated rings. The van der Waals surface area contributed by atoms with Crippen LogP contribution in [0.25, 0.3) is 11.1 Å². The number of aromatic nitrogens is 1. The maximum atomic E-state index is 13.0. The number of carboxylic acid groups (broad SMARTS) is 1. The van der Waals surface area contributed by atoms with Crippen LogP contribution in [-0.2, 0) is 14.4 Å². The van der Waals surface area contributed by atoms with Gasteiger partial charge in [-0.05, 0) is 17.2 Å². The zero-order chi connectivity index (χ0) is 26.1. The van der Waals surface area contributed by atoms with Crippen LogP contribution in [0, 0.1) is 0 Å². The highest BCUT2D eigenvalue weighted by molar-refractivity contribution is 8.06. The molecule has 0 bridgehead atoms. The van der Waals surface area contributed by atoms with Crippen molar-refractivity contribution in [1.82, 2.24) is 15.2 Å². The van der Waals surface area contributed by atoms with Crippen molar-refractivity contribution in [3.63, 3.8) is 0 Å². The average molecular weight is 554 g/mol. The van der Waals surface area contributed by atoms with Gasteiger partial charge in [-0.25, -0.2) is 9.78 Å². The van der Waals surface area contributed by atoms with Gasteiger partial charge in [0.05, 0.1) is 0 Å². The first-order valence-electron chi connectivity index (χ1n) is 10.9. The molecule has 188 valence electrons. The van der Waals surface area contributed by atoms with E-state index in [4.69, 9.17) is 5.73 Å². The van der Waals surface area contributed by atoms with Crippen LogP contribution >= 0.6 is 34.9 Å². The predicted octanol–water partition coefficient (Wildman–Crippen LogP) is 3.06. The number of benzene rings is 2. The largest absolute Gasteiger partial charge is 0.477 e. The fourth-order valence-corrected chi connectivity index (χ4v) is 7.20.